The maximum Gasteiger partial charge on any atom is 0.117 e. The fourth-order valence-corrected chi connectivity index (χ4v) is 4.02. The lowest BCUT2D eigenvalue weighted by Crippen LogP contribution is -2.25. The van der Waals surface area contributed by atoms with E-state index in [0.717, 1.165) is 11.8 Å². The molecule has 1 rings (SSSR count). The van der Waals surface area contributed by atoms with E-state index < -0.39 is 6.63 Å². The average Bonchev–Trinajstić information content (AvgIpc) is 2.14. The van der Waals surface area contributed by atoms with Crippen molar-refractivity contribution in [3.63, 3.8) is 0 Å². The molecule has 96 valence electrons. The van der Waals surface area contributed by atoms with Gasteiger partial charge >= 0.3 is 0 Å². The average molecular weight is 292 g/mol. The van der Waals surface area contributed by atoms with Crippen LogP contribution in [0.3, 0.4) is 0 Å². The van der Waals surface area contributed by atoms with E-state index in [-0.39, 0.29) is 5.41 Å². The van der Waals surface area contributed by atoms with Gasteiger partial charge in [0.1, 0.15) is 6.63 Å². The summed E-state index contributed by atoms with van der Waals surface area (Å²) in [5.74, 6) is 0. The standard InChI is InChI=1S/C13H20Cl2NP/c1-13(2,3)11-8-6-7-10(9-16(4)5)12(11)17(14)15/h6-8H,9H2,1-5H3. The molecule has 0 radical (unpaired) electrons. The van der Waals surface area contributed by atoms with Gasteiger partial charge in [0.05, 0.1) is 0 Å². The molecule has 0 fully saturated rings. The first-order valence-electron chi connectivity index (χ1n) is 5.62. The third kappa shape index (κ3) is 4.10. The Kier molecular flexibility index (Phi) is 5.28. The SMILES string of the molecule is CN(C)Cc1cccc(C(C)(C)C)c1P(Cl)Cl. The van der Waals surface area contributed by atoms with Gasteiger partial charge in [0, 0.05) is 11.8 Å². The highest BCUT2D eigenvalue weighted by atomic mass is 35.9. The Morgan fingerprint density at radius 2 is 1.76 bits per heavy atom. The van der Waals surface area contributed by atoms with Gasteiger partial charge in [-0.25, -0.2) is 0 Å². The van der Waals surface area contributed by atoms with Crippen LogP contribution in [-0.2, 0) is 12.0 Å². The Hall–Kier alpha value is 0.190. The molecule has 0 aliphatic rings. The summed E-state index contributed by atoms with van der Waals surface area (Å²) in [6, 6.07) is 6.34. The van der Waals surface area contributed by atoms with Crippen molar-refractivity contribution in [1.29, 1.82) is 0 Å². The van der Waals surface area contributed by atoms with Crippen molar-refractivity contribution in [1.82, 2.24) is 4.90 Å². The van der Waals surface area contributed by atoms with Crippen LogP contribution in [0, 0.1) is 0 Å². The highest BCUT2D eigenvalue weighted by molar-refractivity contribution is 8.09. The Labute approximate surface area is 115 Å². The summed E-state index contributed by atoms with van der Waals surface area (Å²) in [5, 5.41) is 1.13. The summed E-state index contributed by atoms with van der Waals surface area (Å²) in [6.45, 7) is 6.34. The van der Waals surface area contributed by atoms with Crippen molar-refractivity contribution in [2.24, 2.45) is 0 Å². The number of nitrogens with zero attached hydrogens (tertiary/aromatic N) is 1. The molecule has 0 spiro atoms. The van der Waals surface area contributed by atoms with E-state index in [4.69, 9.17) is 22.5 Å². The minimum atomic E-state index is -1.11. The zero-order chi connectivity index (χ0) is 13.2. The van der Waals surface area contributed by atoms with Gasteiger partial charge in [-0.15, -0.1) is 0 Å². The largest absolute Gasteiger partial charge is 0.305 e. The molecule has 1 aromatic carbocycles. The number of rotatable bonds is 3. The zero-order valence-corrected chi connectivity index (χ0v) is 13.5. The van der Waals surface area contributed by atoms with Gasteiger partial charge in [-0.2, -0.15) is 0 Å². The normalized spacial score (nSPS) is 12.5. The van der Waals surface area contributed by atoms with Crippen molar-refractivity contribution >= 4 is 34.4 Å². The van der Waals surface area contributed by atoms with E-state index in [1.807, 2.05) is 0 Å². The van der Waals surface area contributed by atoms with Crippen molar-refractivity contribution in [2.75, 3.05) is 14.1 Å². The predicted octanol–water partition coefficient (Wildman–Crippen LogP) is 4.46. The molecule has 1 nitrogen and oxygen atoms in total. The van der Waals surface area contributed by atoms with E-state index in [1.165, 1.54) is 11.1 Å². The van der Waals surface area contributed by atoms with Crippen molar-refractivity contribution < 1.29 is 0 Å². The first kappa shape index (κ1) is 15.2. The minimum absolute atomic E-state index is 0.0714. The smallest absolute Gasteiger partial charge is 0.117 e. The van der Waals surface area contributed by atoms with Crippen LogP contribution >= 0.6 is 29.1 Å². The fourth-order valence-electron chi connectivity index (χ4n) is 1.86. The summed E-state index contributed by atoms with van der Waals surface area (Å²) >= 11 is 12.4. The molecular weight excluding hydrogens is 272 g/mol. The molecule has 17 heavy (non-hydrogen) atoms. The maximum atomic E-state index is 6.21. The van der Waals surface area contributed by atoms with Crippen LogP contribution in [-0.4, -0.2) is 19.0 Å². The van der Waals surface area contributed by atoms with E-state index in [9.17, 15) is 0 Å². The summed E-state index contributed by atoms with van der Waals surface area (Å²) in [6.07, 6.45) is 0. The first-order valence-corrected chi connectivity index (χ1v) is 8.77. The van der Waals surface area contributed by atoms with Crippen molar-refractivity contribution in [3.8, 4) is 0 Å². The Morgan fingerprint density at radius 1 is 1.18 bits per heavy atom. The van der Waals surface area contributed by atoms with Gasteiger partial charge in [-0.05, 0) is 30.6 Å². The van der Waals surface area contributed by atoms with Crippen molar-refractivity contribution in [2.45, 2.75) is 32.7 Å². The molecule has 0 bridgehead atoms. The number of benzene rings is 1. The lowest BCUT2D eigenvalue weighted by atomic mass is 9.86. The second kappa shape index (κ2) is 5.89. The summed E-state index contributed by atoms with van der Waals surface area (Å²) in [7, 11) is 4.11. The highest BCUT2D eigenvalue weighted by Crippen LogP contribution is 2.48. The van der Waals surface area contributed by atoms with Crippen LogP contribution in [0.4, 0.5) is 0 Å². The minimum Gasteiger partial charge on any atom is -0.305 e. The van der Waals surface area contributed by atoms with E-state index in [2.05, 4.69) is 58.0 Å². The summed E-state index contributed by atoms with van der Waals surface area (Å²) in [5.41, 5.74) is 2.56. The first-order chi connectivity index (χ1) is 7.73. The molecular formula is C13H20Cl2NP. The van der Waals surface area contributed by atoms with E-state index in [1.54, 1.807) is 0 Å². The number of hydrogen-bond acceptors (Lipinski definition) is 1. The molecule has 0 saturated heterocycles. The quantitative estimate of drug-likeness (QED) is 0.743. The summed E-state index contributed by atoms with van der Waals surface area (Å²) < 4.78 is 0. The molecule has 0 unspecified atom stereocenters. The molecule has 1 aromatic rings. The van der Waals surface area contributed by atoms with Crippen LogP contribution in [0.5, 0.6) is 0 Å². The van der Waals surface area contributed by atoms with Crippen LogP contribution < -0.4 is 5.30 Å². The van der Waals surface area contributed by atoms with E-state index in [0.29, 0.717) is 0 Å². The lowest BCUT2D eigenvalue weighted by Gasteiger charge is -2.26. The third-order valence-electron chi connectivity index (χ3n) is 2.58. The molecule has 4 heteroatoms. The molecule has 0 N–H and O–H groups in total. The van der Waals surface area contributed by atoms with Gasteiger partial charge in [0.2, 0.25) is 0 Å². The Morgan fingerprint density at radius 3 is 2.18 bits per heavy atom. The molecule has 0 atom stereocenters. The zero-order valence-electron chi connectivity index (χ0n) is 11.1. The second-order valence-corrected chi connectivity index (χ2v) is 8.99. The molecule has 0 amide bonds. The van der Waals surface area contributed by atoms with Crippen LogP contribution in [0.15, 0.2) is 18.2 Å². The van der Waals surface area contributed by atoms with Gasteiger partial charge in [-0.1, -0.05) is 61.5 Å². The van der Waals surface area contributed by atoms with Gasteiger partial charge in [0.25, 0.3) is 0 Å². The van der Waals surface area contributed by atoms with Crippen molar-refractivity contribution in [3.05, 3.63) is 29.3 Å². The van der Waals surface area contributed by atoms with Crippen LogP contribution in [0.2, 0.25) is 0 Å². The lowest BCUT2D eigenvalue weighted by molar-refractivity contribution is 0.403. The maximum absolute atomic E-state index is 6.21. The van der Waals surface area contributed by atoms with Gasteiger partial charge < -0.3 is 4.90 Å². The highest BCUT2D eigenvalue weighted by Gasteiger charge is 2.23. The molecule has 0 aliphatic heterocycles. The number of halogens is 2. The van der Waals surface area contributed by atoms with E-state index >= 15 is 0 Å². The van der Waals surface area contributed by atoms with Crippen LogP contribution in [0.25, 0.3) is 0 Å². The second-order valence-electron chi connectivity index (χ2n) is 5.53. The van der Waals surface area contributed by atoms with Crippen LogP contribution in [0.1, 0.15) is 31.9 Å². The topological polar surface area (TPSA) is 3.24 Å². The molecule has 0 aliphatic carbocycles. The monoisotopic (exact) mass is 291 g/mol. The Balaban J connectivity index is 3.32. The Bertz CT molecular complexity index is 383. The molecule has 0 aromatic heterocycles. The predicted molar refractivity (Wildman–Crippen MR) is 80.8 cm³/mol. The third-order valence-corrected chi connectivity index (χ3v) is 4.46. The molecule has 0 heterocycles. The fraction of sp³-hybridized carbons (Fsp3) is 0.538. The van der Waals surface area contributed by atoms with Gasteiger partial charge in [0.15, 0.2) is 0 Å². The molecule has 0 saturated carbocycles. The summed E-state index contributed by atoms with van der Waals surface area (Å²) in [4.78, 5) is 2.14. The number of hydrogen-bond donors (Lipinski definition) is 0. The van der Waals surface area contributed by atoms with Gasteiger partial charge in [-0.3, -0.25) is 0 Å².